The highest BCUT2D eigenvalue weighted by atomic mass is 32.2. The molecule has 1 saturated heterocycles. The molecule has 43 heavy (non-hydrogen) atoms. The quantitative estimate of drug-likeness (QED) is 0.326. The van der Waals surface area contributed by atoms with E-state index in [0.717, 1.165) is 10.4 Å². The van der Waals surface area contributed by atoms with E-state index in [1.54, 1.807) is 30.0 Å². The maximum atomic E-state index is 14.2. The standard InChI is InChI=1S/C30H38FN5O6S/c1-20-16-28(32-18-24(20)33-22-12-14-35(15-13-22)29(37)42-30(2,3)4)43(38,39)36(27-9-7-8-26(31)34-27)19-21-10-11-23(40-5)17-25(21)41-6/h7-11,16-18,22,33H,12-15,19H2,1-6H3. The van der Waals surface area contributed by atoms with Gasteiger partial charge in [0.15, 0.2) is 5.03 Å². The number of piperidine rings is 1. The van der Waals surface area contributed by atoms with Crippen LogP contribution in [0.3, 0.4) is 0 Å². The van der Waals surface area contributed by atoms with E-state index in [0.29, 0.717) is 54.2 Å². The van der Waals surface area contributed by atoms with Gasteiger partial charge in [0.1, 0.15) is 22.9 Å². The Morgan fingerprint density at radius 3 is 2.44 bits per heavy atom. The van der Waals surface area contributed by atoms with Crippen molar-refractivity contribution in [1.82, 2.24) is 14.9 Å². The van der Waals surface area contributed by atoms with Gasteiger partial charge >= 0.3 is 6.09 Å². The first-order chi connectivity index (χ1) is 20.3. The van der Waals surface area contributed by atoms with Gasteiger partial charge in [0, 0.05) is 30.8 Å². The first-order valence-corrected chi connectivity index (χ1v) is 15.3. The molecule has 3 heterocycles. The highest BCUT2D eigenvalue weighted by Gasteiger charge is 2.31. The lowest BCUT2D eigenvalue weighted by atomic mass is 10.0. The summed E-state index contributed by atoms with van der Waals surface area (Å²) in [5.74, 6) is 0.0178. The Morgan fingerprint density at radius 2 is 1.84 bits per heavy atom. The molecule has 3 aromatic rings. The van der Waals surface area contributed by atoms with E-state index in [4.69, 9.17) is 14.2 Å². The Labute approximate surface area is 252 Å². The van der Waals surface area contributed by atoms with Crippen LogP contribution in [-0.2, 0) is 21.3 Å². The monoisotopic (exact) mass is 615 g/mol. The number of hydrogen-bond acceptors (Lipinski definition) is 9. The highest BCUT2D eigenvalue weighted by Crippen LogP contribution is 2.31. The zero-order chi connectivity index (χ0) is 31.4. The number of carbonyl (C=O) groups excluding carboxylic acids is 1. The van der Waals surface area contributed by atoms with Crippen LogP contribution < -0.4 is 19.1 Å². The Bertz CT molecular complexity index is 1550. The lowest BCUT2D eigenvalue weighted by Gasteiger charge is -2.34. The number of hydrogen-bond donors (Lipinski definition) is 1. The van der Waals surface area contributed by atoms with Crippen LogP contribution in [0.1, 0.15) is 44.7 Å². The van der Waals surface area contributed by atoms with Crippen molar-refractivity contribution in [2.24, 2.45) is 0 Å². The van der Waals surface area contributed by atoms with E-state index in [1.807, 2.05) is 20.8 Å². The molecule has 0 bridgehead atoms. The lowest BCUT2D eigenvalue weighted by molar-refractivity contribution is 0.0210. The molecule has 1 aromatic carbocycles. The minimum absolute atomic E-state index is 0.0668. The van der Waals surface area contributed by atoms with Gasteiger partial charge in [-0.25, -0.2) is 19.1 Å². The van der Waals surface area contributed by atoms with Gasteiger partial charge in [0.05, 0.1) is 32.6 Å². The van der Waals surface area contributed by atoms with Crippen LogP contribution >= 0.6 is 0 Å². The van der Waals surface area contributed by atoms with Crippen molar-refractivity contribution in [3.05, 3.63) is 65.7 Å². The second-order valence-electron chi connectivity index (χ2n) is 11.2. The molecule has 0 saturated carbocycles. The number of aryl methyl sites for hydroxylation is 1. The molecule has 13 heteroatoms. The van der Waals surface area contributed by atoms with E-state index >= 15 is 0 Å². The predicted octanol–water partition coefficient (Wildman–Crippen LogP) is 5.15. The molecule has 1 aliphatic rings. The van der Waals surface area contributed by atoms with Gasteiger partial charge < -0.3 is 24.4 Å². The van der Waals surface area contributed by atoms with Crippen molar-refractivity contribution in [3.8, 4) is 11.5 Å². The summed E-state index contributed by atoms with van der Waals surface area (Å²) in [4.78, 5) is 22.2. The van der Waals surface area contributed by atoms with Crippen molar-refractivity contribution >= 4 is 27.6 Å². The number of benzene rings is 1. The topological polar surface area (TPSA) is 123 Å². The number of methoxy groups -OCH3 is 2. The number of sulfonamides is 1. The number of halogens is 1. The second kappa shape index (κ2) is 13.0. The molecule has 1 aliphatic heterocycles. The first kappa shape index (κ1) is 31.8. The third kappa shape index (κ3) is 7.83. The Hall–Kier alpha value is -4.13. The number of nitrogens with zero attached hydrogens (tertiary/aromatic N) is 4. The Morgan fingerprint density at radius 1 is 1.12 bits per heavy atom. The zero-order valence-electron chi connectivity index (χ0n) is 25.3. The zero-order valence-corrected chi connectivity index (χ0v) is 26.1. The third-order valence-electron chi connectivity index (χ3n) is 6.91. The van der Waals surface area contributed by atoms with Gasteiger partial charge in [-0.05, 0) is 76.4 Å². The fraction of sp³-hybridized carbons (Fsp3) is 0.433. The minimum Gasteiger partial charge on any atom is -0.497 e. The Kier molecular flexibility index (Phi) is 9.63. The number of nitrogens with one attached hydrogen (secondary N) is 1. The summed E-state index contributed by atoms with van der Waals surface area (Å²) >= 11 is 0. The third-order valence-corrected chi connectivity index (χ3v) is 8.56. The summed E-state index contributed by atoms with van der Waals surface area (Å²) in [6.07, 6.45) is 2.54. The molecule has 4 rings (SSSR count). The average Bonchev–Trinajstić information content (AvgIpc) is 2.96. The van der Waals surface area contributed by atoms with E-state index in [9.17, 15) is 17.6 Å². The van der Waals surface area contributed by atoms with Crippen LogP contribution in [-0.4, -0.2) is 68.3 Å². The molecule has 1 N–H and O–H groups in total. The van der Waals surface area contributed by atoms with E-state index in [1.165, 1.54) is 38.6 Å². The number of aromatic nitrogens is 2. The van der Waals surface area contributed by atoms with Crippen LogP contribution in [0.2, 0.25) is 0 Å². The largest absolute Gasteiger partial charge is 0.497 e. The summed E-state index contributed by atoms with van der Waals surface area (Å²) in [6, 6.07) is 10.5. The fourth-order valence-corrected chi connectivity index (χ4v) is 6.05. The summed E-state index contributed by atoms with van der Waals surface area (Å²) in [5, 5.41) is 3.22. The van der Waals surface area contributed by atoms with E-state index < -0.39 is 21.6 Å². The van der Waals surface area contributed by atoms with Crippen LogP contribution in [0.15, 0.2) is 53.7 Å². The number of ether oxygens (including phenoxy) is 3. The van der Waals surface area contributed by atoms with Gasteiger partial charge in [-0.15, -0.1) is 0 Å². The molecular weight excluding hydrogens is 577 g/mol. The van der Waals surface area contributed by atoms with Crippen LogP contribution in [0.25, 0.3) is 0 Å². The molecule has 2 aromatic heterocycles. The second-order valence-corrected chi connectivity index (χ2v) is 13.0. The van der Waals surface area contributed by atoms with Crippen LogP contribution in [0.5, 0.6) is 11.5 Å². The van der Waals surface area contributed by atoms with Gasteiger partial charge in [-0.1, -0.05) is 6.07 Å². The molecule has 11 nitrogen and oxygen atoms in total. The number of carbonyl (C=O) groups is 1. The molecule has 0 spiro atoms. The summed E-state index contributed by atoms with van der Waals surface area (Å²) < 4.78 is 59.3. The number of anilines is 2. The normalized spacial score (nSPS) is 14.3. The maximum Gasteiger partial charge on any atom is 0.410 e. The van der Waals surface area contributed by atoms with Crippen molar-refractivity contribution < 1.29 is 31.8 Å². The number of amides is 1. The summed E-state index contributed by atoms with van der Waals surface area (Å²) in [6.45, 7) is 8.18. The van der Waals surface area contributed by atoms with Crippen molar-refractivity contribution in [1.29, 1.82) is 0 Å². The van der Waals surface area contributed by atoms with Crippen molar-refractivity contribution in [3.63, 3.8) is 0 Å². The fourth-order valence-electron chi connectivity index (χ4n) is 4.65. The van der Waals surface area contributed by atoms with E-state index in [-0.39, 0.29) is 29.5 Å². The molecule has 0 aliphatic carbocycles. The molecule has 0 atom stereocenters. The number of likely N-dealkylation sites (tertiary alicyclic amines) is 1. The maximum absolute atomic E-state index is 14.2. The van der Waals surface area contributed by atoms with Gasteiger partial charge in [-0.2, -0.15) is 12.8 Å². The van der Waals surface area contributed by atoms with Gasteiger partial charge in [0.25, 0.3) is 10.0 Å². The summed E-state index contributed by atoms with van der Waals surface area (Å²) in [5.41, 5.74) is 1.31. The minimum atomic E-state index is -4.29. The molecule has 0 radical (unpaired) electrons. The van der Waals surface area contributed by atoms with Gasteiger partial charge in [0.2, 0.25) is 5.95 Å². The summed E-state index contributed by atoms with van der Waals surface area (Å²) in [7, 11) is -1.31. The first-order valence-electron chi connectivity index (χ1n) is 13.9. The highest BCUT2D eigenvalue weighted by molar-refractivity contribution is 7.92. The number of rotatable bonds is 9. The van der Waals surface area contributed by atoms with E-state index in [2.05, 4.69) is 15.3 Å². The SMILES string of the molecule is COc1ccc(CN(c2cccc(F)n2)S(=O)(=O)c2cc(C)c(NC3CCN(C(=O)OC(C)(C)C)CC3)cn2)c(OC)c1. The van der Waals surface area contributed by atoms with Crippen molar-refractivity contribution in [2.75, 3.05) is 36.9 Å². The smallest absolute Gasteiger partial charge is 0.410 e. The molecule has 1 amide bonds. The molecule has 1 fully saturated rings. The molecular formula is C30H38FN5O6S. The molecule has 0 unspecified atom stereocenters. The average molecular weight is 616 g/mol. The van der Waals surface area contributed by atoms with Crippen LogP contribution in [0.4, 0.5) is 20.7 Å². The number of pyridine rings is 2. The molecule has 232 valence electrons. The van der Waals surface area contributed by atoms with Crippen LogP contribution in [0, 0.1) is 12.9 Å². The predicted molar refractivity (Wildman–Crippen MR) is 161 cm³/mol. The lowest BCUT2D eigenvalue weighted by Crippen LogP contribution is -2.44. The Balaban J connectivity index is 1.55. The van der Waals surface area contributed by atoms with Gasteiger partial charge in [-0.3, -0.25) is 0 Å². The van der Waals surface area contributed by atoms with Crippen molar-refractivity contribution in [2.45, 2.75) is 63.8 Å².